The molecule has 0 bridgehead atoms. The lowest BCUT2D eigenvalue weighted by Gasteiger charge is -2.36. The second kappa shape index (κ2) is 6.86. The van der Waals surface area contributed by atoms with E-state index < -0.39 is 0 Å². The van der Waals surface area contributed by atoms with Crippen LogP contribution in [0.2, 0.25) is 10.0 Å². The van der Waals surface area contributed by atoms with Gasteiger partial charge in [0.25, 0.3) is 0 Å². The van der Waals surface area contributed by atoms with Crippen molar-refractivity contribution in [3.63, 3.8) is 0 Å². The maximum atomic E-state index is 13.9. The standard InChI is InChI=1S/C17H17Cl2FN2/c18-13-4-6-14(7-5-13)22-10-8-21(9-11-22)12-15-16(19)2-1-3-17(15)20/h1-7H,8-12H2. The van der Waals surface area contributed by atoms with Gasteiger partial charge >= 0.3 is 0 Å². The van der Waals surface area contributed by atoms with Crippen LogP contribution in [0.4, 0.5) is 10.1 Å². The largest absolute Gasteiger partial charge is 0.369 e. The van der Waals surface area contributed by atoms with E-state index in [1.807, 2.05) is 24.3 Å². The number of benzene rings is 2. The molecule has 0 aliphatic carbocycles. The second-order valence-corrected chi connectivity index (χ2v) is 6.28. The minimum absolute atomic E-state index is 0.229. The van der Waals surface area contributed by atoms with Gasteiger partial charge in [-0.05, 0) is 36.4 Å². The summed E-state index contributed by atoms with van der Waals surface area (Å²) in [5.74, 6) is -0.229. The number of piperazine rings is 1. The lowest BCUT2D eigenvalue weighted by atomic mass is 10.1. The molecule has 1 heterocycles. The predicted molar refractivity (Wildman–Crippen MR) is 90.4 cm³/mol. The lowest BCUT2D eigenvalue weighted by molar-refractivity contribution is 0.246. The summed E-state index contributed by atoms with van der Waals surface area (Å²) in [4.78, 5) is 4.55. The van der Waals surface area contributed by atoms with Crippen molar-refractivity contribution < 1.29 is 4.39 Å². The fourth-order valence-corrected chi connectivity index (χ4v) is 3.07. The number of anilines is 1. The van der Waals surface area contributed by atoms with E-state index >= 15 is 0 Å². The van der Waals surface area contributed by atoms with Gasteiger partial charge in [0.2, 0.25) is 0 Å². The van der Waals surface area contributed by atoms with Gasteiger partial charge in [0.1, 0.15) is 5.82 Å². The number of hydrogen-bond donors (Lipinski definition) is 0. The SMILES string of the molecule is Fc1cccc(Cl)c1CN1CCN(c2ccc(Cl)cc2)CC1. The predicted octanol–water partition coefficient (Wildman–Crippen LogP) is 4.45. The van der Waals surface area contributed by atoms with E-state index in [-0.39, 0.29) is 5.82 Å². The summed E-state index contributed by atoms with van der Waals surface area (Å²) in [7, 11) is 0. The Morgan fingerprint density at radius 2 is 1.59 bits per heavy atom. The Hall–Kier alpha value is -1.29. The zero-order valence-corrected chi connectivity index (χ0v) is 13.6. The summed E-state index contributed by atoms with van der Waals surface area (Å²) in [6, 6.07) is 12.7. The molecule has 0 N–H and O–H groups in total. The third kappa shape index (κ3) is 3.54. The van der Waals surface area contributed by atoms with Crippen molar-refractivity contribution in [2.75, 3.05) is 31.1 Å². The Labute approximate surface area is 140 Å². The molecule has 1 aliphatic rings. The summed E-state index contributed by atoms with van der Waals surface area (Å²) >= 11 is 12.0. The van der Waals surface area contributed by atoms with E-state index in [9.17, 15) is 4.39 Å². The molecule has 0 spiro atoms. The fraction of sp³-hybridized carbons (Fsp3) is 0.294. The maximum absolute atomic E-state index is 13.9. The topological polar surface area (TPSA) is 6.48 Å². The number of halogens is 3. The third-order valence-electron chi connectivity index (χ3n) is 4.01. The van der Waals surface area contributed by atoms with Crippen molar-refractivity contribution >= 4 is 28.9 Å². The zero-order valence-electron chi connectivity index (χ0n) is 12.1. The molecular formula is C17H17Cl2FN2. The van der Waals surface area contributed by atoms with Gasteiger partial charge in [-0.15, -0.1) is 0 Å². The van der Waals surface area contributed by atoms with Crippen LogP contribution in [0.1, 0.15) is 5.56 Å². The highest BCUT2D eigenvalue weighted by molar-refractivity contribution is 6.31. The van der Waals surface area contributed by atoms with Crippen LogP contribution in [0, 0.1) is 5.82 Å². The smallest absolute Gasteiger partial charge is 0.129 e. The van der Waals surface area contributed by atoms with Crippen molar-refractivity contribution in [2.45, 2.75) is 6.54 Å². The van der Waals surface area contributed by atoms with Crippen molar-refractivity contribution in [1.29, 1.82) is 0 Å². The van der Waals surface area contributed by atoms with Crippen LogP contribution in [-0.4, -0.2) is 31.1 Å². The number of rotatable bonds is 3. The van der Waals surface area contributed by atoms with Crippen LogP contribution < -0.4 is 4.90 Å². The number of nitrogens with zero attached hydrogens (tertiary/aromatic N) is 2. The van der Waals surface area contributed by atoms with Gasteiger partial charge in [-0.3, -0.25) is 4.90 Å². The molecule has 1 saturated heterocycles. The first-order valence-electron chi connectivity index (χ1n) is 7.29. The number of hydrogen-bond acceptors (Lipinski definition) is 2. The lowest BCUT2D eigenvalue weighted by Crippen LogP contribution is -2.46. The highest BCUT2D eigenvalue weighted by Gasteiger charge is 2.19. The average Bonchev–Trinajstić information content (AvgIpc) is 2.53. The zero-order chi connectivity index (χ0) is 15.5. The quantitative estimate of drug-likeness (QED) is 0.815. The molecule has 5 heteroatoms. The first-order chi connectivity index (χ1) is 10.6. The third-order valence-corrected chi connectivity index (χ3v) is 4.61. The molecule has 0 atom stereocenters. The van der Waals surface area contributed by atoms with Crippen molar-refractivity contribution in [1.82, 2.24) is 4.90 Å². The molecule has 2 aromatic carbocycles. The van der Waals surface area contributed by atoms with Crippen LogP contribution in [0.15, 0.2) is 42.5 Å². The molecule has 3 rings (SSSR count). The molecule has 0 amide bonds. The molecular weight excluding hydrogens is 322 g/mol. The highest BCUT2D eigenvalue weighted by Crippen LogP contribution is 2.23. The van der Waals surface area contributed by atoms with Crippen LogP contribution in [0.25, 0.3) is 0 Å². The molecule has 1 fully saturated rings. The van der Waals surface area contributed by atoms with E-state index in [4.69, 9.17) is 23.2 Å². The van der Waals surface area contributed by atoms with Gasteiger partial charge in [-0.2, -0.15) is 0 Å². The Morgan fingerprint density at radius 3 is 2.23 bits per heavy atom. The Bertz CT molecular complexity index is 617. The van der Waals surface area contributed by atoms with Crippen LogP contribution >= 0.6 is 23.2 Å². The molecule has 1 aliphatic heterocycles. The molecule has 0 unspecified atom stereocenters. The van der Waals surface area contributed by atoms with Crippen molar-refractivity contribution in [2.24, 2.45) is 0 Å². The first-order valence-corrected chi connectivity index (χ1v) is 8.05. The Kier molecular flexibility index (Phi) is 4.87. The van der Waals surface area contributed by atoms with E-state index in [0.29, 0.717) is 17.1 Å². The highest BCUT2D eigenvalue weighted by atomic mass is 35.5. The summed E-state index contributed by atoms with van der Waals surface area (Å²) in [6.07, 6.45) is 0. The molecule has 0 aromatic heterocycles. The van der Waals surface area contributed by atoms with E-state index in [2.05, 4.69) is 9.80 Å². The normalized spacial score (nSPS) is 16.0. The monoisotopic (exact) mass is 338 g/mol. The van der Waals surface area contributed by atoms with E-state index in [1.165, 1.54) is 11.8 Å². The minimum atomic E-state index is -0.229. The average molecular weight is 339 g/mol. The summed E-state index contributed by atoms with van der Waals surface area (Å²) in [6.45, 7) is 4.14. The van der Waals surface area contributed by atoms with Gasteiger partial charge in [-0.1, -0.05) is 29.3 Å². The molecule has 2 nitrogen and oxygen atoms in total. The first kappa shape index (κ1) is 15.6. The fourth-order valence-electron chi connectivity index (χ4n) is 2.72. The van der Waals surface area contributed by atoms with Gasteiger partial charge in [0.15, 0.2) is 0 Å². The molecule has 116 valence electrons. The Balaban J connectivity index is 1.61. The van der Waals surface area contributed by atoms with Crippen LogP contribution in [-0.2, 0) is 6.54 Å². The van der Waals surface area contributed by atoms with Crippen LogP contribution in [0.3, 0.4) is 0 Å². The second-order valence-electron chi connectivity index (χ2n) is 5.44. The van der Waals surface area contributed by atoms with Gasteiger partial charge in [-0.25, -0.2) is 4.39 Å². The van der Waals surface area contributed by atoms with Crippen LogP contribution in [0.5, 0.6) is 0 Å². The summed E-state index contributed by atoms with van der Waals surface area (Å²) in [5, 5.41) is 1.25. The Morgan fingerprint density at radius 1 is 0.909 bits per heavy atom. The molecule has 0 radical (unpaired) electrons. The van der Waals surface area contributed by atoms with Crippen molar-refractivity contribution in [3.8, 4) is 0 Å². The summed E-state index contributed by atoms with van der Waals surface area (Å²) in [5.41, 5.74) is 1.76. The van der Waals surface area contributed by atoms with Gasteiger partial charge in [0.05, 0.1) is 0 Å². The maximum Gasteiger partial charge on any atom is 0.129 e. The molecule has 0 saturated carbocycles. The molecule has 2 aromatic rings. The van der Waals surface area contributed by atoms with Gasteiger partial charge in [0, 0.05) is 54.0 Å². The van der Waals surface area contributed by atoms with E-state index in [0.717, 1.165) is 31.2 Å². The van der Waals surface area contributed by atoms with E-state index in [1.54, 1.807) is 12.1 Å². The van der Waals surface area contributed by atoms with Gasteiger partial charge < -0.3 is 4.90 Å². The molecule has 22 heavy (non-hydrogen) atoms. The minimum Gasteiger partial charge on any atom is -0.369 e. The summed E-state index contributed by atoms with van der Waals surface area (Å²) < 4.78 is 13.9. The van der Waals surface area contributed by atoms with Crippen molar-refractivity contribution in [3.05, 3.63) is 63.9 Å².